The maximum absolute atomic E-state index is 12.0. The third kappa shape index (κ3) is 3.60. The number of allylic oxidation sites excluding steroid dienone is 2. The van der Waals surface area contributed by atoms with Gasteiger partial charge in [0.15, 0.2) is 0 Å². The van der Waals surface area contributed by atoms with Crippen LogP contribution >= 0.6 is 0 Å². The van der Waals surface area contributed by atoms with Gasteiger partial charge in [0.1, 0.15) is 0 Å². The average Bonchev–Trinajstić information content (AvgIpc) is 2.46. The molecule has 1 aromatic rings. The van der Waals surface area contributed by atoms with Crippen molar-refractivity contribution in [1.29, 1.82) is 0 Å². The minimum Gasteiger partial charge on any atom is -0.443 e. The van der Waals surface area contributed by atoms with Gasteiger partial charge in [0.25, 0.3) is 0 Å². The van der Waals surface area contributed by atoms with E-state index in [-0.39, 0.29) is 11.4 Å². The molecule has 0 amide bonds. The van der Waals surface area contributed by atoms with Crippen molar-refractivity contribution in [2.75, 3.05) is 6.54 Å². The van der Waals surface area contributed by atoms with Crippen LogP contribution in [0.15, 0.2) is 53.6 Å². The molecule has 0 atom stereocenters. The molecule has 0 bridgehead atoms. The number of nitrogens with one attached hydrogen (secondary N) is 2. The number of nitrogens with two attached hydrogens (primary N) is 1. The lowest BCUT2D eigenvalue weighted by Gasteiger charge is -2.25. The van der Waals surface area contributed by atoms with Crippen LogP contribution in [0.1, 0.15) is 5.56 Å². The van der Waals surface area contributed by atoms with Crippen LogP contribution in [-0.4, -0.2) is 15.0 Å². The summed E-state index contributed by atoms with van der Waals surface area (Å²) in [6.07, 6.45) is 7.25. The van der Waals surface area contributed by atoms with Crippen molar-refractivity contribution in [1.82, 2.24) is 10.0 Å². The van der Waals surface area contributed by atoms with Gasteiger partial charge in [0.2, 0.25) is 10.0 Å². The first-order valence-corrected chi connectivity index (χ1v) is 7.34. The lowest BCUT2D eigenvalue weighted by Crippen LogP contribution is -2.32. The second-order valence-corrected chi connectivity index (χ2v) is 5.83. The molecular weight excluding hydrogens is 262 g/mol. The summed E-state index contributed by atoms with van der Waals surface area (Å²) in [5.41, 5.74) is 6.37. The van der Waals surface area contributed by atoms with Gasteiger partial charge in [-0.3, -0.25) is 0 Å². The Morgan fingerprint density at radius 3 is 2.53 bits per heavy atom. The lowest BCUT2D eigenvalue weighted by molar-refractivity contribution is 0.581. The van der Waals surface area contributed by atoms with E-state index < -0.39 is 10.0 Å². The molecule has 0 aliphatic carbocycles. The van der Waals surface area contributed by atoms with Gasteiger partial charge in [-0.2, -0.15) is 0 Å². The quantitative estimate of drug-likeness (QED) is 0.690. The molecule has 4 N–H and O–H groups in total. The van der Waals surface area contributed by atoms with E-state index in [4.69, 9.17) is 5.73 Å². The maximum atomic E-state index is 12.0. The van der Waals surface area contributed by atoms with E-state index in [9.17, 15) is 8.42 Å². The van der Waals surface area contributed by atoms with Gasteiger partial charge in [-0.05, 0) is 30.4 Å². The normalized spacial score (nSPS) is 14.5. The van der Waals surface area contributed by atoms with Crippen LogP contribution in [-0.2, 0) is 16.6 Å². The van der Waals surface area contributed by atoms with Crippen LogP contribution in [0, 0.1) is 6.04 Å². The second-order valence-electron chi connectivity index (χ2n) is 4.06. The SMILES string of the molecule is NCc1ccc(S(=O)(=O)NC[C-]2C=CC=CN2)cc1. The Morgan fingerprint density at radius 1 is 1.21 bits per heavy atom. The number of dihydropyridines is 1. The monoisotopic (exact) mass is 278 g/mol. The molecule has 0 unspecified atom stereocenters. The summed E-state index contributed by atoms with van der Waals surface area (Å²) >= 11 is 0. The standard InChI is InChI=1S/C13H16N3O2S/c14-9-11-4-6-13(7-5-11)19(17,18)16-10-12-3-1-2-8-15-12/h1-8,15-16H,9-10,14H2/q-1. The van der Waals surface area contributed by atoms with Crippen LogP contribution in [0.3, 0.4) is 0 Å². The number of hydrogen-bond acceptors (Lipinski definition) is 4. The van der Waals surface area contributed by atoms with E-state index in [1.54, 1.807) is 30.5 Å². The summed E-state index contributed by atoms with van der Waals surface area (Å²) in [5.74, 6) is 0. The summed E-state index contributed by atoms with van der Waals surface area (Å²) in [4.78, 5) is 0.237. The highest BCUT2D eigenvalue weighted by atomic mass is 32.2. The Morgan fingerprint density at radius 2 is 1.95 bits per heavy atom. The lowest BCUT2D eigenvalue weighted by atomic mass is 10.2. The first-order valence-electron chi connectivity index (χ1n) is 5.86. The molecule has 1 aliphatic heterocycles. The fourth-order valence-corrected chi connectivity index (χ4v) is 2.61. The van der Waals surface area contributed by atoms with Gasteiger partial charge < -0.3 is 11.1 Å². The van der Waals surface area contributed by atoms with Crippen LogP contribution < -0.4 is 15.8 Å². The van der Waals surface area contributed by atoms with E-state index in [1.165, 1.54) is 0 Å². The van der Waals surface area contributed by atoms with Crippen LogP contribution in [0.2, 0.25) is 0 Å². The molecule has 5 nitrogen and oxygen atoms in total. The molecule has 1 aromatic carbocycles. The molecule has 1 heterocycles. The fourth-order valence-electron chi connectivity index (χ4n) is 1.60. The van der Waals surface area contributed by atoms with E-state index >= 15 is 0 Å². The first-order chi connectivity index (χ1) is 9.12. The smallest absolute Gasteiger partial charge is 0.239 e. The Balaban J connectivity index is 2.01. The molecule has 2 rings (SSSR count). The van der Waals surface area contributed by atoms with Crippen molar-refractivity contribution < 1.29 is 8.42 Å². The Labute approximate surface area is 113 Å². The average molecular weight is 278 g/mol. The highest BCUT2D eigenvalue weighted by Crippen LogP contribution is 2.11. The minimum atomic E-state index is -3.49. The topological polar surface area (TPSA) is 84.2 Å². The number of benzene rings is 1. The molecule has 0 fully saturated rings. The van der Waals surface area contributed by atoms with Crippen molar-refractivity contribution in [3.05, 3.63) is 60.3 Å². The van der Waals surface area contributed by atoms with E-state index in [2.05, 4.69) is 10.0 Å². The van der Waals surface area contributed by atoms with E-state index in [0.29, 0.717) is 6.54 Å². The van der Waals surface area contributed by atoms with E-state index in [0.717, 1.165) is 11.6 Å². The van der Waals surface area contributed by atoms with Gasteiger partial charge in [-0.1, -0.05) is 12.1 Å². The van der Waals surface area contributed by atoms with Gasteiger partial charge in [-0.25, -0.2) is 25.3 Å². The molecule has 0 aromatic heterocycles. The Bertz CT molecular complexity index is 576. The van der Waals surface area contributed by atoms with Crippen molar-refractivity contribution in [3.63, 3.8) is 0 Å². The zero-order valence-electron chi connectivity index (χ0n) is 10.3. The summed E-state index contributed by atoms with van der Waals surface area (Å²) < 4.78 is 26.6. The minimum absolute atomic E-state index is 0.224. The van der Waals surface area contributed by atoms with Gasteiger partial charge in [0, 0.05) is 6.54 Å². The zero-order valence-corrected chi connectivity index (χ0v) is 11.2. The molecule has 1 aliphatic rings. The zero-order chi connectivity index (χ0) is 13.7. The molecule has 19 heavy (non-hydrogen) atoms. The molecule has 0 saturated heterocycles. The van der Waals surface area contributed by atoms with Gasteiger partial charge in [0.05, 0.1) is 4.90 Å². The third-order valence-corrected chi connectivity index (χ3v) is 4.11. The molecule has 102 valence electrons. The third-order valence-electron chi connectivity index (χ3n) is 2.70. The summed E-state index contributed by atoms with van der Waals surface area (Å²) in [7, 11) is -3.49. The maximum Gasteiger partial charge on any atom is 0.239 e. The number of sulfonamides is 1. The number of rotatable bonds is 5. The molecule has 0 radical (unpaired) electrons. The van der Waals surface area contributed by atoms with Crippen molar-refractivity contribution >= 4 is 10.0 Å². The Kier molecular flexibility index (Phi) is 4.26. The molecule has 0 saturated carbocycles. The van der Waals surface area contributed by atoms with Crippen molar-refractivity contribution in [2.45, 2.75) is 11.4 Å². The molecular formula is C13H16N3O2S-. The first kappa shape index (κ1) is 13.7. The summed E-state index contributed by atoms with van der Waals surface area (Å²) in [6.45, 7) is 0.620. The molecule has 6 heteroatoms. The van der Waals surface area contributed by atoms with Gasteiger partial charge in [-0.15, -0.1) is 12.1 Å². The van der Waals surface area contributed by atoms with E-state index in [1.807, 2.05) is 18.2 Å². The van der Waals surface area contributed by atoms with Crippen LogP contribution in [0.5, 0.6) is 0 Å². The fraction of sp³-hybridized carbons (Fsp3) is 0.154. The van der Waals surface area contributed by atoms with Crippen LogP contribution in [0.25, 0.3) is 0 Å². The predicted octanol–water partition coefficient (Wildman–Crippen LogP) is 0.629. The molecule has 0 spiro atoms. The highest BCUT2D eigenvalue weighted by Gasteiger charge is 2.13. The highest BCUT2D eigenvalue weighted by molar-refractivity contribution is 7.89. The van der Waals surface area contributed by atoms with Crippen molar-refractivity contribution in [2.24, 2.45) is 5.73 Å². The van der Waals surface area contributed by atoms with Crippen molar-refractivity contribution in [3.8, 4) is 0 Å². The largest absolute Gasteiger partial charge is 0.443 e. The van der Waals surface area contributed by atoms with Gasteiger partial charge >= 0.3 is 0 Å². The number of hydrogen-bond donors (Lipinski definition) is 3. The Hall–Kier alpha value is -1.76. The summed E-state index contributed by atoms with van der Waals surface area (Å²) in [5, 5.41) is 2.97. The summed E-state index contributed by atoms with van der Waals surface area (Å²) in [6, 6.07) is 7.33. The van der Waals surface area contributed by atoms with Crippen LogP contribution in [0.4, 0.5) is 0 Å². The predicted molar refractivity (Wildman–Crippen MR) is 74.2 cm³/mol. The second kappa shape index (κ2) is 5.92.